The maximum absolute atomic E-state index is 5.92. The Bertz CT molecular complexity index is 904. The van der Waals surface area contributed by atoms with E-state index >= 15 is 0 Å². The predicted molar refractivity (Wildman–Crippen MR) is 117 cm³/mol. The molecule has 3 aromatic rings. The van der Waals surface area contributed by atoms with Gasteiger partial charge in [-0.1, -0.05) is 72.8 Å². The summed E-state index contributed by atoms with van der Waals surface area (Å²) in [6.45, 7) is 5.89. The number of quaternary nitrogens is 1. The topological polar surface area (TPSA) is 29.3 Å². The van der Waals surface area contributed by atoms with Gasteiger partial charge in [0.25, 0.3) is 0 Å². The molecule has 0 bridgehead atoms. The largest absolute Gasteiger partial charge is 0.489 e. The number of ether oxygens (including phenoxy) is 1. The minimum Gasteiger partial charge on any atom is -0.489 e. The zero-order valence-electron chi connectivity index (χ0n) is 16.7. The molecule has 148 valence electrons. The average Bonchev–Trinajstić information content (AvgIpc) is 2.79. The van der Waals surface area contributed by atoms with Crippen molar-refractivity contribution < 1.29 is 9.64 Å². The van der Waals surface area contributed by atoms with Crippen LogP contribution >= 0.6 is 0 Å². The predicted octanol–water partition coefficient (Wildman–Crippen LogP) is 3.00. The van der Waals surface area contributed by atoms with Gasteiger partial charge in [-0.05, 0) is 23.3 Å². The SMILES string of the molecule is C(=N/N1CC[NH+](Cc2ccccc2)CC1)/c1cccc(OCc2ccccc2)c1. The third kappa shape index (κ3) is 5.93. The van der Waals surface area contributed by atoms with Crippen LogP contribution in [-0.2, 0) is 13.2 Å². The zero-order chi connectivity index (χ0) is 19.7. The summed E-state index contributed by atoms with van der Waals surface area (Å²) in [5.74, 6) is 0.870. The quantitative estimate of drug-likeness (QED) is 0.633. The van der Waals surface area contributed by atoms with Gasteiger partial charge in [0, 0.05) is 5.56 Å². The van der Waals surface area contributed by atoms with Crippen molar-refractivity contribution in [2.24, 2.45) is 5.10 Å². The Morgan fingerprint density at radius 2 is 1.52 bits per heavy atom. The Balaban J connectivity index is 1.26. The first kappa shape index (κ1) is 19.2. The number of nitrogens with one attached hydrogen (secondary N) is 1. The summed E-state index contributed by atoms with van der Waals surface area (Å²) in [5.41, 5.74) is 3.64. The molecule has 0 amide bonds. The second-order valence-corrected chi connectivity index (χ2v) is 7.46. The first-order valence-electron chi connectivity index (χ1n) is 10.3. The molecule has 1 aliphatic heterocycles. The van der Waals surface area contributed by atoms with Crippen molar-refractivity contribution in [1.82, 2.24) is 5.01 Å². The van der Waals surface area contributed by atoms with Crippen LogP contribution in [0.1, 0.15) is 16.7 Å². The second-order valence-electron chi connectivity index (χ2n) is 7.46. The number of piperazine rings is 1. The fraction of sp³-hybridized carbons (Fsp3) is 0.240. The molecule has 0 aromatic heterocycles. The van der Waals surface area contributed by atoms with Gasteiger partial charge in [0.2, 0.25) is 0 Å². The highest BCUT2D eigenvalue weighted by atomic mass is 16.5. The van der Waals surface area contributed by atoms with E-state index in [0.717, 1.165) is 44.0 Å². The van der Waals surface area contributed by atoms with Crippen LogP contribution in [0.15, 0.2) is 90.0 Å². The molecule has 1 aliphatic rings. The fourth-order valence-electron chi connectivity index (χ4n) is 3.56. The number of rotatable bonds is 7. The van der Waals surface area contributed by atoms with E-state index in [-0.39, 0.29) is 0 Å². The molecule has 1 fully saturated rings. The van der Waals surface area contributed by atoms with Gasteiger partial charge < -0.3 is 9.64 Å². The maximum atomic E-state index is 5.92. The second kappa shape index (κ2) is 9.89. The molecule has 1 N–H and O–H groups in total. The molecule has 3 aromatic carbocycles. The van der Waals surface area contributed by atoms with Crippen molar-refractivity contribution in [3.05, 3.63) is 102 Å². The van der Waals surface area contributed by atoms with E-state index < -0.39 is 0 Å². The molecule has 0 atom stereocenters. The Morgan fingerprint density at radius 3 is 2.24 bits per heavy atom. The van der Waals surface area contributed by atoms with E-state index in [2.05, 4.69) is 53.5 Å². The van der Waals surface area contributed by atoms with E-state index in [1.165, 1.54) is 11.1 Å². The molecular formula is C25H28N3O+. The third-order valence-electron chi connectivity index (χ3n) is 5.22. The lowest BCUT2D eigenvalue weighted by atomic mass is 10.2. The number of hydrazone groups is 1. The van der Waals surface area contributed by atoms with Crippen molar-refractivity contribution in [2.75, 3.05) is 26.2 Å². The Morgan fingerprint density at radius 1 is 0.828 bits per heavy atom. The third-order valence-corrected chi connectivity index (χ3v) is 5.22. The van der Waals surface area contributed by atoms with E-state index in [1.807, 2.05) is 42.6 Å². The summed E-state index contributed by atoms with van der Waals surface area (Å²) < 4.78 is 5.92. The molecule has 1 heterocycles. The van der Waals surface area contributed by atoms with Crippen LogP contribution in [0.5, 0.6) is 5.75 Å². The van der Waals surface area contributed by atoms with Gasteiger partial charge in [-0.25, -0.2) is 0 Å². The standard InChI is InChI=1S/C25H27N3O/c1-3-8-22(9-4-1)20-27-14-16-28(17-15-27)26-19-24-12-7-13-25(18-24)29-21-23-10-5-2-6-11-23/h1-13,18-19H,14-17,20-21H2/p+1/b26-19-. The summed E-state index contributed by atoms with van der Waals surface area (Å²) in [5, 5.41) is 6.87. The zero-order valence-corrected chi connectivity index (χ0v) is 16.7. The van der Waals surface area contributed by atoms with Crippen LogP contribution in [0.25, 0.3) is 0 Å². The summed E-state index contributed by atoms with van der Waals surface area (Å²) in [6, 6.07) is 29.1. The number of nitrogens with zero attached hydrogens (tertiary/aromatic N) is 2. The molecule has 4 heteroatoms. The van der Waals surface area contributed by atoms with Gasteiger partial charge in [0.05, 0.1) is 32.4 Å². The molecule has 0 aliphatic carbocycles. The first-order chi connectivity index (χ1) is 14.3. The van der Waals surface area contributed by atoms with Gasteiger partial charge in [0.1, 0.15) is 18.9 Å². The maximum Gasteiger partial charge on any atom is 0.120 e. The molecule has 0 unspecified atom stereocenters. The molecule has 4 rings (SSSR count). The van der Waals surface area contributed by atoms with Gasteiger partial charge in [-0.15, -0.1) is 0 Å². The van der Waals surface area contributed by atoms with Crippen LogP contribution in [0, 0.1) is 0 Å². The molecule has 0 saturated carbocycles. The highest BCUT2D eigenvalue weighted by molar-refractivity contribution is 5.79. The van der Waals surface area contributed by atoms with Gasteiger partial charge in [-0.3, -0.25) is 5.01 Å². The molecule has 29 heavy (non-hydrogen) atoms. The van der Waals surface area contributed by atoms with Crippen molar-refractivity contribution in [3.8, 4) is 5.75 Å². The van der Waals surface area contributed by atoms with Crippen molar-refractivity contribution >= 4 is 6.21 Å². The lowest BCUT2D eigenvalue weighted by Gasteiger charge is -2.30. The Kier molecular flexibility index (Phi) is 6.56. The number of hydrogen-bond acceptors (Lipinski definition) is 3. The Labute approximate surface area is 173 Å². The summed E-state index contributed by atoms with van der Waals surface area (Å²) in [7, 11) is 0. The minimum absolute atomic E-state index is 0.577. The summed E-state index contributed by atoms with van der Waals surface area (Å²) >= 11 is 0. The lowest BCUT2D eigenvalue weighted by molar-refractivity contribution is -0.918. The van der Waals surface area contributed by atoms with E-state index in [9.17, 15) is 0 Å². The van der Waals surface area contributed by atoms with Crippen LogP contribution in [-0.4, -0.2) is 37.4 Å². The van der Waals surface area contributed by atoms with Gasteiger partial charge in [0.15, 0.2) is 0 Å². The lowest BCUT2D eigenvalue weighted by Crippen LogP contribution is -3.13. The molecular weight excluding hydrogens is 358 g/mol. The van der Waals surface area contributed by atoms with E-state index in [1.54, 1.807) is 4.90 Å². The fourth-order valence-corrected chi connectivity index (χ4v) is 3.56. The van der Waals surface area contributed by atoms with E-state index in [4.69, 9.17) is 9.84 Å². The minimum atomic E-state index is 0.577. The Hall–Kier alpha value is -3.11. The highest BCUT2D eigenvalue weighted by Crippen LogP contribution is 2.14. The molecule has 0 radical (unpaired) electrons. The van der Waals surface area contributed by atoms with Crippen LogP contribution < -0.4 is 9.64 Å². The van der Waals surface area contributed by atoms with Crippen molar-refractivity contribution in [1.29, 1.82) is 0 Å². The van der Waals surface area contributed by atoms with Gasteiger partial charge >= 0.3 is 0 Å². The first-order valence-corrected chi connectivity index (χ1v) is 10.3. The molecule has 1 saturated heterocycles. The summed E-state index contributed by atoms with van der Waals surface area (Å²) in [4.78, 5) is 1.62. The van der Waals surface area contributed by atoms with Crippen LogP contribution in [0.3, 0.4) is 0 Å². The monoisotopic (exact) mass is 386 g/mol. The van der Waals surface area contributed by atoms with Crippen molar-refractivity contribution in [3.63, 3.8) is 0 Å². The highest BCUT2D eigenvalue weighted by Gasteiger charge is 2.18. The normalized spacial score (nSPS) is 15.0. The number of benzene rings is 3. The van der Waals surface area contributed by atoms with E-state index in [0.29, 0.717) is 6.61 Å². The van der Waals surface area contributed by atoms with Gasteiger partial charge in [-0.2, -0.15) is 5.10 Å². The smallest absolute Gasteiger partial charge is 0.120 e. The average molecular weight is 387 g/mol. The molecule has 0 spiro atoms. The number of hydrogen-bond donors (Lipinski definition) is 1. The van der Waals surface area contributed by atoms with Crippen molar-refractivity contribution in [2.45, 2.75) is 13.2 Å². The molecule has 4 nitrogen and oxygen atoms in total. The summed E-state index contributed by atoms with van der Waals surface area (Å²) in [6.07, 6.45) is 1.94. The van der Waals surface area contributed by atoms with Crippen LogP contribution in [0.2, 0.25) is 0 Å². The van der Waals surface area contributed by atoms with Crippen LogP contribution in [0.4, 0.5) is 0 Å².